The van der Waals surface area contributed by atoms with Crippen molar-refractivity contribution in [1.82, 2.24) is 9.21 Å². The van der Waals surface area contributed by atoms with Crippen LogP contribution < -0.4 is 5.32 Å². The molecule has 2 amide bonds. The number of ether oxygens (including phenoxy) is 1. The molecule has 9 nitrogen and oxygen atoms in total. The van der Waals surface area contributed by atoms with Crippen molar-refractivity contribution in [2.75, 3.05) is 32.1 Å². The number of aliphatic imine (C=N–C) groups is 1. The van der Waals surface area contributed by atoms with Gasteiger partial charge in [0, 0.05) is 31.4 Å². The molecule has 0 spiro atoms. The van der Waals surface area contributed by atoms with Gasteiger partial charge in [0.15, 0.2) is 0 Å². The maximum atomic E-state index is 13.4. The smallest absolute Gasteiger partial charge is 0.254 e. The first-order valence-electron chi connectivity index (χ1n) is 14.3. The molecule has 42 heavy (non-hydrogen) atoms. The number of rotatable bonds is 9. The number of anilines is 1. The first-order valence-corrected chi connectivity index (χ1v) is 15.8. The molecule has 3 unspecified atom stereocenters. The predicted octanol–water partition coefficient (Wildman–Crippen LogP) is 4.58. The van der Waals surface area contributed by atoms with Crippen molar-refractivity contribution in [3.05, 3.63) is 89.5 Å². The lowest BCUT2D eigenvalue weighted by atomic mass is 9.90. The minimum absolute atomic E-state index is 0.0219. The highest BCUT2D eigenvalue weighted by Crippen LogP contribution is 2.38. The molecule has 2 saturated heterocycles. The van der Waals surface area contributed by atoms with Crippen LogP contribution in [0.3, 0.4) is 0 Å². The van der Waals surface area contributed by atoms with Crippen molar-refractivity contribution in [3.63, 3.8) is 0 Å². The van der Waals surface area contributed by atoms with E-state index in [2.05, 4.69) is 5.32 Å². The third-order valence-electron chi connectivity index (χ3n) is 8.26. The fraction of sp³-hybridized carbons (Fsp3) is 0.344. The summed E-state index contributed by atoms with van der Waals surface area (Å²) in [5.74, 6) is -1.12. The molecule has 3 heterocycles. The maximum Gasteiger partial charge on any atom is 0.254 e. The number of hydrogen-bond acceptors (Lipinski definition) is 6. The van der Waals surface area contributed by atoms with Crippen molar-refractivity contribution in [2.24, 2.45) is 4.99 Å². The summed E-state index contributed by atoms with van der Waals surface area (Å²) < 4.78 is 33.6. The molecule has 3 aromatic carbocycles. The van der Waals surface area contributed by atoms with E-state index in [1.807, 2.05) is 42.2 Å². The van der Waals surface area contributed by atoms with Crippen LogP contribution in [0, 0.1) is 0 Å². The van der Waals surface area contributed by atoms with E-state index in [-0.39, 0.29) is 28.9 Å². The van der Waals surface area contributed by atoms with Crippen molar-refractivity contribution in [3.8, 4) is 0 Å². The van der Waals surface area contributed by atoms with Gasteiger partial charge in [0.2, 0.25) is 15.9 Å². The number of sulfonamides is 1. The summed E-state index contributed by atoms with van der Waals surface area (Å²) in [6, 6.07) is 21.4. The lowest BCUT2D eigenvalue weighted by Gasteiger charge is -2.26. The zero-order valence-electron chi connectivity index (χ0n) is 23.7. The van der Waals surface area contributed by atoms with Crippen LogP contribution in [-0.4, -0.2) is 74.0 Å². The van der Waals surface area contributed by atoms with E-state index in [0.29, 0.717) is 47.9 Å². The molecular weight excluding hydrogens is 552 g/mol. The minimum atomic E-state index is -3.74. The number of carbonyl (C=O) groups excluding carboxylic acids is 2. The number of fused-ring (bicyclic) bond motifs is 3. The molecule has 2 fully saturated rings. The first kappa shape index (κ1) is 28.3. The van der Waals surface area contributed by atoms with Crippen LogP contribution in [0.4, 0.5) is 11.4 Å². The standard InChI is InChI=1S/C32H34N4O5S/c1-3-4-16-35(2)42(39,40)26-14-15-28-27(18-26)29(31(37)34-28)30(21-8-6-5-7-9-21)33-23-12-10-22(11-13-23)32(38)36-19-25-17-24(36)20-41-25/h5-15,18,24-25,29H,3-4,16-17,19-20H2,1-2H3,(H,34,37). The first-order chi connectivity index (χ1) is 20.3. The molecular formula is C32H34N4O5S. The van der Waals surface area contributed by atoms with Crippen LogP contribution in [0.15, 0.2) is 82.7 Å². The molecule has 3 aliphatic heterocycles. The quantitative estimate of drug-likeness (QED) is 0.370. The van der Waals surface area contributed by atoms with E-state index in [4.69, 9.17) is 9.73 Å². The van der Waals surface area contributed by atoms with E-state index in [1.54, 1.807) is 43.4 Å². The summed E-state index contributed by atoms with van der Waals surface area (Å²) in [5.41, 5.74) is 3.52. The van der Waals surface area contributed by atoms with Gasteiger partial charge >= 0.3 is 0 Å². The molecule has 6 rings (SSSR count). The number of morpholine rings is 1. The molecule has 3 aromatic rings. The third kappa shape index (κ3) is 5.26. The van der Waals surface area contributed by atoms with Gasteiger partial charge in [-0.25, -0.2) is 12.7 Å². The van der Waals surface area contributed by atoms with Crippen LogP contribution in [0.2, 0.25) is 0 Å². The van der Waals surface area contributed by atoms with Crippen molar-refractivity contribution < 1.29 is 22.7 Å². The molecule has 218 valence electrons. The van der Waals surface area contributed by atoms with Gasteiger partial charge in [0.05, 0.1) is 35.0 Å². The van der Waals surface area contributed by atoms with Crippen LogP contribution in [0.5, 0.6) is 0 Å². The fourth-order valence-electron chi connectivity index (χ4n) is 5.89. The Morgan fingerprint density at radius 2 is 1.83 bits per heavy atom. The number of benzene rings is 3. The molecule has 1 N–H and O–H groups in total. The summed E-state index contributed by atoms with van der Waals surface area (Å²) in [6.45, 7) is 3.63. The van der Waals surface area contributed by atoms with Gasteiger partial charge in [-0.2, -0.15) is 0 Å². The lowest BCUT2D eigenvalue weighted by molar-refractivity contribution is -0.115. The summed E-state index contributed by atoms with van der Waals surface area (Å²) in [4.78, 5) is 33.5. The lowest BCUT2D eigenvalue weighted by Crippen LogP contribution is -2.41. The molecule has 3 aliphatic rings. The number of nitrogens with one attached hydrogen (secondary N) is 1. The molecule has 3 atom stereocenters. The Balaban J connectivity index is 1.35. The van der Waals surface area contributed by atoms with Crippen molar-refractivity contribution in [1.29, 1.82) is 0 Å². The molecule has 0 saturated carbocycles. The topological polar surface area (TPSA) is 108 Å². The SMILES string of the molecule is CCCCN(C)S(=O)(=O)c1ccc2c(c1)C(C(=Nc1ccc(C(=O)N3CC4CC3CO4)cc1)c1ccccc1)C(=O)N2. The summed E-state index contributed by atoms with van der Waals surface area (Å²) >= 11 is 0. The zero-order valence-corrected chi connectivity index (χ0v) is 24.5. The Labute approximate surface area is 246 Å². The Hall–Kier alpha value is -3.86. The van der Waals surface area contributed by atoms with Crippen LogP contribution >= 0.6 is 0 Å². The van der Waals surface area contributed by atoms with Gasteiger partial charge in [0.1, 0.15) is 5.92 Å². The molecule has 10 heteroatoms. The van der Waals surface area contributed by atoms with E-state index in [9.17, 15) is 18.0 Å². The molecule has 0 radical (unpaired) electrons. The molecule has 2 bridgehead atoms. The Kier molecular flexibility index (Phi) is 7.69. The number of amides is 2. The monoisotopic (exact) mass is 586 g/mol. The Morgan fingerprint density at radius 1 is 1.07 bits per heavy atom. The van der Waals surface area contributed by atoms with E-state index >= 15 is 0 Å². The largest absolute Gasteiger partial charge is 0.374 e. The summed E-state index contributed by atoms with van der Waals surface area (Å²) in [5, 5.41) is 2.91. The summed E-state index contributed by atoms with van der Waals surface area (Å²) in [6.07, 6.45) is 2.65. The fourth-order valence-corrected chi connectivity index (χ4v) is 7.13. The van der Waals surface area contributed by atoms with Gasteiger partial charge < -0.3 is 15.0 Å². The third-order valence-corrected chi connectivity index (χ3v) is 10.1. The number of likely N-dealkylation sites (tertiary alicyclic amines) is 1. The van der Waals surface area contributed by atoms with Crippen LogP contribution in [0.25, 0.3) is 0 Å². The second-order valence-electron chi connectivity index (χ2n) is 11.1. The highest BCUT2D eigenvalue weighted by atomic mass is 32.2. The summed E-state index contributed by atoms with van der Waals surface area (Å²) in [7, 11) is -2.16. The van der Waals surface area contributed by atoms with Crippen LogP contribution in [-0.2, 0) is 19.6 Å². The zero-order chi connectivity index (χ0) is 29.4. The second-order valence-corrected chi connectivity index (χ2v) is 13.1. The predicted molar refractivity (Wildman–Crippen MR) is 161 cm³/mol. The van der Waals surface area contributed by atoms with Crippen molar-refractivity contribution >= 4 is 38.9 Å². The average molecular weight is 587 g/mol. The highest BCUT2D eigenvalue weighted by Gasteiger charge is 2.41. The van der Waals surface area contributed by atoms with Crippen molar-refractivity contribution in [2.45, 2.75) is 49.1 Å². The molecule has 0 aromatic heterocycles. The van der Waals surface area contributed by atoms with E-state index in [1.165, 1.54) is 10.4 Å². The van der Waals surface area contributed by atoms with Gasteiger partial charge in [-0.1, -0.05) is 43.7 Å². The van der Waals surface area contributed by atoms with Gasteiger partial charge in [-0.15, -0.1) is 0 Å². The van der Waals surface area contributed by atoms with Gasteiger partial charge in [-0.05, 0) is 66.4 Å². The second kappa shape index (κ2) is 11.4. The highest BCUT2D eigenvalue weighted by molar-refractivity contribution is 7.89. The number of unbranched alkanes of at least 4 members (excludes halogenated alkanes) is 1. The van der Waals surface area contributed by atoms with E-state index < -0.39 is 15.9 Å². The Bertz CT molecular complexity index is 1640. The van der Waals surface area contributed by atoms with Gasteiger partial charge in [-0.3, -0.25) is 14.6 Å². The number of nitrogens with zero attached hydrogens (tertiary/aromatic N) is 3. The van der Waals surface area contributed by atoms with E-state index in [0.717, 1.165) is 24.8 Å². The molecule has 0 aliphatic carbocycles. The number of hydrogen-bond donors (Lipinski definition) is 1. The van der Waals surface area contributed by atoms with Crippen LogP contribution in [0.1, 0.15) is 53.6 Å². The average Bonchev–Trinajstić information content (AvgIpc) is 3.73. The Morgan fingerprint density at radius 3 is 2.50 bits per heavy atom. The minimum Gasteiger partial charge on any atom is -0.374 e. The van der Waals surface area contributed by atoms with Gasteiger partial charge in [0.25, 0.3) is 5.91 Å². The normalized spacial score (nSPS) is 21.6. The maximum absolute atomic E-state index is 13.4. The number of carbonyl (C=O) groups is 2.